The van der Waals surface area contributed by atoms with Crippen molar-refractivity contribution in [2.75, 3.05) is 7.05 Å². The molecule has 5 nitrogen and oxygen atoms in total. The summed E-state index contributed by atoms with van der Waals surface area (Å²) in [4.78, 5) is 32.1. The van der Waals surface area contributed by atoms with Gasteiger partial charge < -0.3 is 14.8 Å². The average molecular weight is 297 g/mol. The summed E-state index contributed by atoms with van der Waals surface area (Å²) < 4.78 is 0. The number of nitrogens with one attached hydrogen (secondary N) is 1. The zero-order valence-corrected chi connectivity index (χ0v) is 13.0. The maximum Gasteiger partial charge on any atom is 0.246 e. The summed E-state index contributed by atoms with van der Waals surface area (Å²) in [5.74, 6) is 0.0683. The van der Waals surface area contributed by atoms with E-state index >= 15 is 0 Å². The molecule has 3 heterocycles. The molecule has 1 N–H and O–H groups in total. The molecule has 0 aliphatic carbocycles. The van der Waals surface area contributed by atoms with Gasteiger partial charge in [-0.25, -0.2) is 0 Å². The van der Waals surface area contributed by atoms with Crippen molar-refractivity contribution in [1.82, 2.24) is 14.8 Å². The number of H-pyrrole nitrogens is 1. The molecule has 3 atom stereocenters. The van der Waals surface area contributed by atoms with Crippen LogP contribution in [-0.4, -0.2) is 45.7 Å². The van der Waals surface area contributed by atoms with Crippen molar-refractivity contribution in [3.63, 3.8) is 0 Å². The van der Waals surface area contributed by atoms with Crippen molar-refractivity contribution in [3.8, 4) is 0 Å². The van der Waals surface area contributed by atoms with E-state index in [4.69, 9.17) is 0 Å². The smallest absolute Gasteiger partial charge is 0.246 e. The molecule has 114 valence electrons. The zero-order valence-electron chi connectivity index (χ0n) is 13.0. The maximum absolute atomic E-state index is 12.7. The third-order valence-corrected chi connectivity index (χ3v) is 5.24. The van der Waals surface area contributed by atoms with Crippen molar-refractivity contribution < 1.29 is 9.59 Å². The molecule has 2 aromatic rings. The third kappa shape index (κ3) is 1.54. The highest BCUT2D eigenvalue weighted by Gasteiger charge is 2.48. The van der Waals surface area contributed by atoms with Crippen LogP contribution >= 0.6 is 0 Å². The van der Waals surface area contributed by atoms with Crippen LogP contribution in [0.1, 0.15) is 31.1 Å². The van der Waals surface area contributed by atoms with E-state index < -0.39 is 6.04 Å². The quantitative estimate of drug-likeness (QED) is 0.806. The Hall–Kier alpha value is -2.30. The summed E-state index contributed by atoms with van der Waals surface area (Å²) in [5.41, 5.74) is 3.31. The Balaban J connectivity index is 1.89. The van der Waals surface area contributed by atoms with Gasteiger partial charge >= 0.3 is 0 Å². The Labute approximate surface area is 128 Å². The van der Waals surface area contributed by atoms with Gasteiger partial charge in [-0.15, -0.1) is 0 Å². The number of benzene rings is 1. The Morgan fingerprint density at radius 3 is 2.59 bits per heavy atom. The van der Waals surface area contributed by atoms with Crippen LogP contribution in [0, 0.1) is 0 Å². The third-order valence-electron chi connectivity index (χ3n) is 5.24. The van der Waals surface area contributed by atoms with Gasteiger partial charge in [-0.2, -0.15) is 0 Å². The van der Waals surface area contributed by atoms with E-state index in [-0.39, 0.29) is 23.9 Å². The summed E-state index contributed by atoms with van der Waals surface area (Å²) in [5, 5.41) is 1.16. The van der Waals surface area contributed by atoms with Gasteiger partial charge in [0.25, 0.3) is 0 Å². The molecule has 3 unspecified atom stereocenters. The normalized spacial score (nSPS) is 28.0. The number of aromatic amines is 1. The van der Waals surface area contributed by atoms with Crippen LogP contribution in [0.5, 0.6) is 0 Å². The van der Waals surface area contributed by atoms with Crippen molar-refractivity contribution in [1.29, 1.82) is 0 Å². The molecule has 1 aromatic carbocycles. The largest absolute Gasteiger partial charge is 0.356 e. The number of likely N-dealkylation sites (N-methyl/N-ethyl adjacent to an activating group) is 1. The minimum Gasteiger partial charge on any atom is -0.356 e. The van der Waals surface area contributed by atoms with Crippen molar-refractivity contribution in [2.24, 2.45) is 0 Å². The molecular formula is C17H19N3O2. The highest BCUT2D eigenvalue weighted by Crippen LogP contribution is 2.39. The van der Waals surface area contributed by atoms with Crippen molar-refractivity contribution in [2.45, 2.75) is 38.4 Å². The van der Waals surface area contributed by atoms with Gasteiger partial charge in [-0.1, -0.05) is 18.2 Å². The first-order valence-corrected chi connectivity index (χ1v) is 7.69. The molecule has 0 saturated carbocycles. The van der Waals surface area contributed by atoms with Crippen LogP contribution in [0.15, 0.2) is 24.3 Å². The predicted octanol–water partition coefficient (Wildman–Crippen LogP) is 1.84. The fourth-order valence-corrected chi connectivity index (χ4v) is 3.86. The summed E-state index contributed by atoms with van der Waals surface area (Å²) in [6.07, 6.45) is 0.589. The number of rotatable bonds is 0. The molecule has 1 aromatic heterocycles. The van der Waals surface area contributed by atoms with Crippen LogP contribution in [0.2, 0.25) is 0 Å². The fraction of sp³-hybridized carbons (Fsp3) is 0.412. The van der Waals surface area contributed by atoms with Gasteiger partial charge in [0, 0.05) is 30.1 Å². The van der Waals surface area contributed by atoms with Gasteiger partial charge in [0.05, 0.1) is 6.04 Å². The van der Waals surface area contributed by atoms with Gasteiger partial charge in [0.15, 0.2) is 0 Å². The number of hydrogen-bond donors (Lipinski definition) is 1. The topological polar surface area (TPSA) is 56.4 Å². The lowest BCUT2D eigenvalue weighted by molar-refractivity contribution is -0.162. The predicted molar refractivity (Wildman–Crippen MR) is 83.3 cm³/mol. The van der Waals surface area contributed by atoms with Crippen LogP contribution in [0.3, 0.4) is 0 Å². The van der Waals surface area contributed by atoms with Crippen LogP contribution in [0.25, 0.3) is 10.9 Å². The lowest BCUT2D eigenvalue weighted by Gasteiger charge is -2.47. The lowest BCUT2D eigenvalue weighted by Crippen LogP contribution is -2.64. The molecule has 0 bridgehead atoms. The van der Waals surface area contributed by atoms with E-state index in [1.165, 1.54) is 5.56 Å². The Morgan fingerprint density at radius 2 is 1.82 bits per heavy atom. The van der Waals surface area contributed by atoms with E-state index in [0.29, 0.717) is 6.42 Å². The first-order chi connectivity index (χ1) is 10.5. The number of piperazine rings is 1. The van der Waals surface area contributed by atoms with Crippen LogP contribution in [0.4, 0.5) is 0 Å². The second-order valence-electron chi connectivity index (χ2n) is 6.33. The standard InChI is InChI=1S/C17H19N3O2/c1-9-15-12(11-6-4-5-7-13(11)18-15)8-14-17(22)19(3)10(2)16(21)20(9)14/h4-7,9-10,14,18H,8H2,1-3H3. The summed E-state index contributed by atoms with van der Waals surface area (Å²) in [7, 11) is 1.72. The SMILES string of the molecule is CC1C(=O)N2C(Cc3c([nH]c4ccccc34)C2C)C(=O)N1C. The number of fused-ring (bicyclic) bond motifs is 4. The number of amides is 2. The molecule has 2 aliphatic rings. The molecule has 1 saturated heterocycles. The second kappa shape index (κ2) is 4.35. The molecule has 5 heteroatoms. The van der Waals surface area contributed by atoms with E-state index in [1.54, 1.807) is 23.8 Å². The van der Waals surface area contributed by atoms with Crippen molar-refractivity contribution >= 4 is 22.7 Å². The number of nitrogens with zero attached hydrogens (tertiary/aromatic N) is 2. The summed E-state index contributed by atoms with van der Waals surface area (Å²) >= 11 is 0. The molecular weight excluding hydrogens is 278 g/mol. The molecule has 22 heavy (non-hydrogen) atoms. The molecule has 4 rings (SSSR count). The van der Waals surface area contributed by atoms with Crippen molar-refractivity contribution in [3.05, 3.63) is 35.5 Å². The number of aromatic nitrogens is 1. The van der Waals surface area contributed by atoms with E-state index in [0.717, 1.165) is 16.6 Å². The Morgan fingerprint density at radius 1 is 1.09 bits per heavy atom. The van der Waals surface area contributed by atoms with Gasteiger partial charge in [-0.3, -0.25) is 9.59 Å². The Kier molecular flexibility index (Phi) is 2.64. The van der Waals surface area contributed by atoms with Crippen LogP contribution < -0.4 is 0 Å². The first-order valence-electron chi connectivity index (χ1n) is 7.69. The molecule has 2 aliphatic heterocycles. The molecule has 1 fully saturated rings. The molecule has 0 radical (unpaired) electrons. The Bertz CT molecular complexity index is 794. The summed E-state index contributed by atoms with van der Waals surface area (Å²) in [6, 6.07) is 7.25. The molecule has 2 amide bonds. The van der Waals surface area contributed by atoms with E-state index in [1.807, 2.05) is 25.1 Å². The number of hydrogen-bond acceptors (Lipinski definition) is 2. The highest BCUT2D eigenvalue weighted by atomic mass is 16.2. The minimum atomic E-state index is -0.392. The molecule has 0 spiro atoms. The maximum atomic E-state index is 12.7. The zero-order chi connectivity index (χ0) is 15.6. The van der Waals surface area contributed by atoms with Gasteiger partial charge in [-0.05, 0) is 25.5 Å². The van der Waals surface area contributed by atoms with Gasteiger partial charge in [0.2, 0.25) is 11.8 Å². The number of carbonyl (C=O) groups excluding carboxylic acids is 2. The second-order valence-corrected chi connectivity index (χ2v) is 6.33. The van der Waals surface area contributed by atoms with E-state index in [2.05, 4.69) is 11.1 Å². The average Bonchev–Trinajstić information content (AvgIpc) is 2.90. The van der Waals surface area contributed by atoms with Gasteiger partial charge in [0.1, 0.15) is 12.1 Å². The first kappa shape index (κ1) is 13.4. The fourth-order valence-electron chi connectivity index (χ4n) is 3.86. The lowest BCUT2D eigenvalue weighted by atomic mass is 9.89. The van der Waals surface area contributed by atoms with Crippen LogP contribution in [-0.2, 0) is 16.0 Å². The summed E-state index contributed by atoms with van der Waals surface area (Å²) in [6.45, 7) is 3.80. The van der Waals surface area contributed by atoms with E-state index in [9.17, 15) is 9.59 Å². The number of carbonyl (C=O) groups is 2. The monoisotopic (exact) mass is 297 g/mol. The number of para-hydroxylation sites is 1. The highest BCUT2D eigenvalue weighted by molar-refractivity contribution is 5.98. The minimum absolute atomic E-state index is 0.0314.